The zero-order valence-electron chi connectivity index (χ0n) is 22.3. The van der Waals surface area contributed by atoms with Gasteiger partial charge in [-0.05, 0) is 74.2 Å². The van der Waals surface area contributed by atoms with Crippen molar-refractivity contribution >= 4 is 16.9 Å². The summed E-state index contributed by atoms with van der Waals surface area (Å²) in [6.07, 6.45) is 3.29. The van der Waals surface area contributed by atoms with E-state index in [1.54, 1.807) is 0 Å². The Morgan fingerprint density at radius 3 is 2.31 bits per heavy atom. The van der Waals surface area contributed by atoms with Crippen LogP contribution in [0.25, 0.3) is 39.5 Å². The molecule has 3 heterocycles. The lowest BCUT2D eigenvalue weighted by Crippen LogP contribution is -2.43. The Kier molecular flexibility index (Phi) is 5.94. The lowest BCUT2D eigenvalue weighted by atomic mass is 9.73. The highest BCUT2D eigenvalue weighted by atomic mass is 16.5. The summed E-state index contributed by atoms with van der Waals surface area (Å²) in [5.74, 6) is 0.888. The van der Waals surface area contributed by atoms with Gasteiger partial charge in [0.1, 0.15) is 11.3 Å². The summed E-state index contributed by atoms with van der Waals surface area (Å²) in [6, 6.07) is 30.0. The molecule has 1 saturated heterocycles. The average molecular weight is 516 g/mol. The Morgan fingerprint density at radius 1 is 0.795 bits per heavy atom. The first-order chi connectivity index (χ1) is 19.1. The predicted octanol–water partition coefficient (Wildman–Crippen LogP) is 6.24. The monoisotopic (exact) mass is 515 g/mol. The van der Waals surface area contributed by atoms with E-state index in [2.05, 4.69) is 101 Å². The summed E-state index contributed by atoms with van der Waals surface area (Å²) in [6.45, 7) is 5.45. The third-order valence-electron chi connectivity index (χ3n) is 8.25. The third kappa shape index (κ3) is 4.40. The maximum atomic E-state index is 6.63. The highest BCUT2D eigenvalue weighted by Crippen LogP contribution is 2.39. The Morgan fingerprint density at radius 2 is 1.56 bits per heavy atom. The largest absolute Gasteiger partial charge is 0.378 e. The van der Waals surface area contributed by atoms with Crippen LogP contribution < -0.4 is 10.6 Å². The standard InChI is InChI=1S/C33H33N5O/c1-23-5-2-7-25(21-23)31-36-30-14-13-29(24-6-3-8-28(22-24)37-17-19-39-20-18-37)35-32(30)38(31)27-11-9-26(10-12-27)33(34)15-4-16-33/h2-3,5-14,21-22H,4,15-20,34H2,1H3. The van der Waals surface area contributed by atoms with Crippen LogP contribution in [0.1, 0.15) is 30.4 Å². The van der Waals surface area contributed by atoms with Crippen LogP contribution in [0, 0.1) is 6.92 Å². The van der Waals surface area contributed by atoms with Gasteiger partial charge >= 0.3 is 0 Å². The highest BCUT2D eigenvalue weighted by molar-refractivity contribution is 5.83. The van der Waals surface area contributed by atoms with E-state index in [1.165, 1.54) is 23.2 Å². The number of nitrogens with zero attached hydrogens (tertiary/aromatic N) is 4. The Hall–Kier alpha value is -4.00. The molecule has 39 heavy (non-hydrogen) atoms. The number of aromatic nitrogens is 3. The molecule has 2 N–H and O–H groups in total. The molecule has 1 aliphatic heterocycles. The molecule has 1 saturated carbocycles. The van der Waals surface area contributed by atoms with E-state index in [9.17, 15) is 0 Å². The number of benzene rings is 3. The van der Waals surface area contributed by atoms with Crippen LogP contribution in [0.4, 0.5) is 5.69 Å². The fourth-order valence-corrected chi connectivity index (χ4v) is 5.81. The SMILES string of the molecule is Cc1cccc(-c2nc3ccc(-c4cccc(N5CCOCC5)c4)nc3n2-c2ccc(C3(N)CCC3)cc2)c1. The van der Waals surface area contributed by atoms with Crippen molar-refractivity contribution in [1.29, 1.82) is 0 Å². The molecule has 7 rings (SSSR count). The lowest BCUT2D eigenvalue weighted by molar-refractivity contribution is 0.122. The minimum Gasteiger partial charge on any atom is -0.378 e. The molecule has 0 spiro atoms. The van der Waals surface area contributed by atoms with Gasteiger partial charge in [-0.3, -0.25) is 4.57 Å². The van der Waals surface area contributed by atoms with Gasteiger partial charge in [0.05, 0.1) is 18.9 Å². The fourth-order valence-electron chi connectivity index (χ4n) is 5.81. The van der Waals surface area contributed by atoms with Crippen LogP contribution in [0.2, 0.25) is 0 Å². The predicted molar refractivity (Wildman–Crippen MR) is 157 cm³/mol. The molecular formula is C33H33N5O. The summed E-state index contributed by atoms with van der Waals surface area (Å²) in [4.78, 5) is 12.7. The first kappa shape index (κ1) is 24.1. The Balaban J connectivity index is 1.36. The van der Waals surface area contributed by atoms with Crippen LogP contribution in [-0.2, 0) is 10.3 Å². The van der Waals surface area contributed by atoms with Crippen molar-refractivity contribution in [3.8, 4) is 28.3 Å². The summed E-state index contributed by atoms with van der Waals surface area (Å²) < 4.78 is 7.74. The lowest BCUT2D eigenvalue weighted by Gasteiger charge is -2.38. The molecule has 0 radical (unpaired) electrons. The molecule has 0 atom stereocenters. The van der Waals surface area contributed by atoms with Crippen LogP contribution in [0.5, 0.6) is 0 Å². The van der Waals surface area contributed by atoms with E-state index in [0.29, 0.717) is 0 Å². The van der Waals surface area contributed by atoms with Crippen molar-refractivity contribution in [3.63, 3.8) is 0 Å². The number of anilines is 1. The molecule has 6 heteroatoms. The second kappa shape index (κ2) is 9.63. The normalized spacial score (nSPS) is 16.8. The highest BCUT2D eigenvalue weighted by Gasteiger charge is 2.34. The van der Waals surface area contributed by atoms with Crippen LogP contribution in [0.15, 0.2) is 84.9 Å². The van der Waals surface area contributed by atoms with Gasteiger partial charge in [0.15, 0.2) is 5.65 Å². The molecule has 0 unspecified atom stereocenters. The van der Waals surface area contributed by atoms with Crippen molar-refractivity contribution < 1.29 is 4.74 Å². The van der Waals surface area contributed by atoms with Gasteiger partial charge < -0.3 is 15.4 Å². The third-order valence-corrected chi connectivity index (χ3v) is 8.25. The molecule has 2 aromatic heterocycles. The minimum absolute atomic E-state index is 0.189. The average Bonchev–Trinajstić information content (AvgIpc) is 3.35. The number of rotatable bonds is 5. The summed E-state index contributed by atoms with van der Waals surface area (Å²) in [5.41, 5.74) is 15.9. The van der Waals surface area contributed by atoms with Crippen LogP contribution in [0.3, 0.4) is 0 Å². The van der Waals surface area contributed by atoms with Gasteiger partial charge in [0.25, 0.3) is 0 Å². The van der Waals surface area contributed by atoms with Gasteiger partial charge in [-0.15, -0.1) is 0 Å². The number of nitrogens with two attached hydrogens (primary N) is 1. The number of hydrogen-bond donors (Lipinski definition) is 1. The maximum absolute atomic E-state index is 6.63. The van der Waals surface area contributed by atoms with Crippen LogP contribution in [-0.4, -0.2) is 40.8 Å². The van der Waals surface area contributed by atoms with Gasteiger partial charge in [-0.25, -0.2) is 9.97 Å². The molecule has 5 aromatic rings. The fraction of sp³-hybridized carbons (Fsp3) is 0.273. The van der Waals surface area contributed by atoms with E-state index in [0.717, 1.165) is 78.6 Å². The molecule has 0 bridgehead atoms. The number of hydrogen-bond acceptors (Lipinski definition) is 5. The first-order valence-corrected chi connectivity index (χ1v) is 13.9. The zero-order valence-corrected chi connectivity index (χ0v) is 22.3. The molecule has 2 aliphatic rings. The van der Waals surface area contributed by atoms with Crippen LogP contribution >= 0.6 is 0 Å². The minimum atomic E-state index is -0.189. The second-order valence-electron chi connectivity index (χ2n) is 10.9. The molecule has 196 valence electrons. The zero-order chi connectivity index (χ0) is 26.4. The number of fused-ring (bicyclic) bond motifs is 1. The van der Waals surface area contributed by atoms with Gasteiger partial charge in [0.2, 0.25) is 0 Å². The Labute approximate surface area is 229 Å². The molecular weight excluding hydrogens is 482 g/mol. The first-order valence-electron chi connectivity index (χ1n) is 13.9. The Bertz CT molecular complexity index is 1650. The maximum Gasteiger partial charge on any atom is 0.165 e. The summed E-state index contributed by atoms with van der Waals surface area (Å²) in [7, 11) is 0. The molecule has 1 aliphatic carbocycles. The van der Waals surface area contributed by atoms with Gasteiger partial charge in [-0.2, -0.15) is 0 Å². The smallest absolute Gasteiger partial charge is 0.165 e. The molecule has 6 nitrogen and oxygen atoms in total. The number of morpholine rings is 1. The van der Waals surface area contributed by atoms with Crippen molar-refractivity contribution in [3.05, 3.63) is 96.1 Å². The van der Waals surface area contributed by atoms with E-state index in [4.69, 9.17) is 20.4 Å². The topological polar surface area (TPSA) is 69.2 Å². The van der Waals surface area contributed by atoms with Crippen molar-refractivity contribution in [2.45, 2.75) is 31.7 Å². The van der Waals surface area contributed by atoms with E-state index in [1.807, 2.05) is 0 Å². The molecule has 2 fully saturated rings. The van der Waals surface area contributed by atoms with E-state index in [-0.39, 0.29) is 5.54 Å². The van der Waals surface area contributed by atoms with Crippen molar-refractivity contribution in [2.75, 3.05) is 31.2 Å². The molecule has 3 aromatic carbocycles. The summed E-state index contributed by atoms with van der Waals surface area (Å²) in [5, 5.41) is 0. The number of aryl methyl sites for hydroxylation is 1. The van der Waals surface area contributed by atoms with Crippen molar-refractivity contribution in [1.82, 2.24) is 14.5 Å². The van der Waals surface area contributed by atoms with E-state index >= 15 is 0 Å². The quantitative estimate of drug-likeness (QED) is 0.300. The summed E-state index contributed by atoms with van der Waals surface area (Å²) >= 11 is 0. The number of imidazole rings is 1. The van der Waals surface area contributed by atoms with Gasteiger partial charge in [0, 0.05) is 41.1 Å². The van der Waals surface area contributed by atoms with Gasteiger partial charge in [-0.1, -0.05) is 48.0 Å². The second-order valence-corrected chi connectivity index (χ2v) is 10.9. The van der Waals surface area contributed by atoms with E-state index < -0.39 is 0 Å². The number of ether oxygens (including phenoxy) is 1. The van der Waals surface area contributed by atoms with Crippen molar-refractivity contribution in [2.24, 2.45) is 5.73 Å². The molecule has 0 amide bonds. The number of pyridine rings is 1.